The molecule has 0 bridgehead atoms. The molecule has 152 valence electrons. The first-order chi connectivity index (χ1) is 12.0. The summed E-state index contributed by atoms with van der Waals surface area (Å²) in [6.07, 6.45) is 3.01. The van der Waals surface area contributed by atoms with Gasteiger partial charge < -0.3 is 25.4 Å². The summed E-state index contributed by atoms with van der Waals surface area (Å²) >= 11 is 1.50. The van der Waals surface area contributed by atoms with Crippen molar-refractivity contribution in [3.8, 4) is 0 Å². The molecule has 0 rings (SSSR count). The Morgan fingerprint density at radius 1 is 1.19 bits per heavy atom. The quantitative estimate of drug-likeness (QED) is 0.466. The maximum Gasteiger partial charge on any atom is 0.248 e. The van der Waals surface area contributed by atoms with Crippen molar-refractivity contribution in [3.05, 3.63) is 0 Å². The molecule has 0 saturated carbocycles. The average Bonchev–Trinajstić information content (AvgIpc) is 2.57. The lowest BCUT2D eigenvalue weighted by atomic mass is 9.97. The van der Waals surface area contributed by atoms with Crippen LogP contribution < -0.4 is 5.73 Å². The van der Waals surface area contributed by atoms with E-state index in [1.165, 1.54) is 35.7 Å². The summed E-state index contributed by atoms with van der Waals surface area (Å²) in [4.78, 5) is 39.2. The smallest absolute Gasteiger partial charge is 0.248 e. The van der Waals surface area contributed by atoms with E-state index in [1.54, 1.807) is 0 Å². The second-order valence-corrected chi connectivity index (χ2v) is 7.65. The highest BCUT2D eigenvalue weighted by molar-refractivity contribution is 7.98. The molecule has 2 atom stereocenters. The minimum absolute atomic E-state index is 0.204. The Balaban J connectivity index is 5.31. The van der Waals surface area contributed by atoms with Crippen molar-refractivity contribution >= 4 is 29.5 Å². The number of aliphatic hydroxyl groups is 1. The number of likely N-dealkylation sites (N-methyl/N-ethyl adjacent to an activating group) is 2. The summed E-state index contributed by atoms with van der Waals surface area (Å²) in [7, 11) is 2.92. The van der Waals surface area contributed by atoms with Gasteiger partial charge in [-0.2, -0.15) is 0 Å². The molecular weight excluding hydrogens is 358 g/mol. The number of rotatable bonds is 12. The van der Waals surface area contributed by atoms with Crippen molar-refractivity contribution in [2.75, 3.05) is 32.9 Å². The molecule has 3 N–H and O–H groups in total. The molecule has 9 heteroatoms. The Morgan fingerprint density at radius 3 is 2.19 bits per heavy atom. The Kier molecular flexibility index (Phi) is 10.8. The maximum absolute atomic E-state index is 12.8. The molecule has 0 saturated heterocycles. The van der Waals surface area contributed by atoms with Gasteiger partial charge in [0.1, 0.15) is 12.1 Å². The van der Waals surface area contributed by atoms with Gasteiger partial charge in [-0.05, 0) is 26.5 Å². The number of thioether (sulfide) groups is 1. The normalized spacial score (nSPS) is 13.8. The van der Waals surface area contributed by atoms with E-state index in [9.17, 15) is 19.5 Å². The van der Waals surface area contributed by atoms with Crippen LogP contribution in [0.3, 0.4) is 0 Å². The zero-order chi connectivity index (χ0) is 20.5. The second-order valence-electron chi connectivity index (χ2n) is 6.84. The van der Waals surface area contributed by atoms with E-state index >= 15 is 0 Å². The lowest BCUT2D eigenvalue weighted by Crippen LogP contribution is -2.56. The predicted molar refractivity (Wildman–Crippen MR) is 102 cm³/mol. The fourth-order valence-corrected chi connectivity index (χ4v) is 2.93. The lowest BCUT2D eigenvalue weighted by Gasteiger charge is -2.36. The van der Waals surface area contributed by atoms with E-state index in [1.807, 2.05) is 27.0 Å². The first-order valence-electron chi connectivity index (χ1n) is 8.57. The molecule has 0 heterocycles. The molecule has 0 aliphatic heterocycles. The van der Waals surface area contributed by atoms with E-state index in [-0.39, 0.29) is 18.7 Å². The van der Waals surface area contributed by atoms with Crippen LogP contribution >= 0.6 is 11.8 Å². The van der Waals surface area contributed by atoms with Gasteiger partial charge >= 0.3 is 0 Å². The summed E-state index contributed by atoms with van der Waals surface area (Å²) < 4.78 is 5.70. The highest BCUT2D eigenvalue weighted by atomic mass is 32.2. The van der Waals surface area contributed by atoms with Gasteiger partial charge in [-0.1, -0.05) is 6.92 Å². The van der Waals surface area contributed by atoms with Crippen LogP contribution in [-0.2, 0) is 19.1 Å². The topological polar surface area (TPSA) is 113 Å². The number of aliphatic hydroxyl groups excluding tert-OH is 1. The van der Waals surface area contributed by atoms with Crippen molar-refractivity contribution in [2.24, 2.45) is 5.73 Å². The standard InChI is InChI=1S/C17H33N3O5S/c1-7-8-14(22)19(4)13(10-21)16(24)20(5)12(15(18)23)9-17(2,3)25-11-26-6/h12-13,21H,7-11H2,1-6H3,(H2,18,23)/t12-,13?/m0/s1. The summed E-state index contributed by atoms with van der Waals surface area (Å²) in [5.41, 5.74) is 4.83. The molecule has 0 aromatic carbocycles. The van der Waals surface area contributed by atoms with Crippen molar-refractivity contribution in [2.45, 2.75) is 57.7 Å². The number of ether oxygens (including phenoxy) is 1. The number of carbonyl (C=O) groups is 3. The van der Waals surface area contributed by atoms with Crippen LogP contribution in [0.25, 0.3) is 0 Å². The van der Waals surface area contributed by atoms with Crippen molar-refractivity contribution < 1.29 is 24.2 Å². The minimum atomic E-state index is -1.06. The van der Waals surface area contributed by atoms with Crippen LogP contribution in [0.1, 0.15) is 40.0 Å². The molecule has 0 aliphatic rings. The summed E-state index contributed by atoms with van der Waals surface area (Å²) in [5.74, 6) is -0.999. The number of carbonyl (C=O) groups excluding carboxylic acids is 3. The summed E-state index contributed by atoms with van der Waals surface area (Å²) in [6.45, 7) is 4.95. The predicted octanol–water partition coefficient (Wildman–Crippen LogP) is 0.424. The highest BCUT2D eigenvalue weighted by Crippen LogP contribution is 2.22. The van der Waals surface area contributed by atoms with Gasteiger partial charge in [-0.3, -0.25) is 14.4 Å². The van der Waals surface area contributed by atoms with Gasteiger partial charge in [0.2, 0.25) is 17.7 Å². The van der Waals surface area contributed by atoms with Gasteiger partial charge in [-0.25, -0.2) is 0 Å². The molecule has 0 spiro atoms. The van der Waals surface area contributed by atoms with Crippen LogP contribution in [0.2, 0.25) is 0 Å². The number of nitrogens with zero attached hydrogens (tertiary/aromatic N) is 2. The number of nitrogens with two attached hydrogens (primary N) is 1. The number of hydrogen-bond donors (Lipinski definition) is 2. The fraction of sp³-hybridized carbons (Fsp3) is 0.824. The molecule has 3 amide bonds. The average molecular weight is 392 g/mol. The lowest BCUT2D eigenvalue weighted by molar-refractivity contribution is -0.150. The molecule has 0 aromatic heterocycles. The third-order valence-corrected chi connectivity index (χ3v) is 4.53. The first kappa shape index (κ1) is 24.7. The monoisotopic (exact) mass is 391 g/mol. The Labute approximate surface area is 160 Å². The van der Waals surface area contributed by atoms with Gasteiger partial charge in [0.25, 0.3) is 0 Å². The number of amides is 3. The largest absolute Gasteiger partial charge is 0.394 e. The second kappa shape index (κ2) is 11.4. The molecule has 26 heavy (non-hydrogen) atoms. The van der Waals surface area contributed by atoms with Crippen LogP contribution in [0.4, 0.5) is 0 Å². The van der Waals surface area contributed by atoms with Gasteiger partial charge in [0.15, 0.2) is 0 Å². The van der Waals surface area contributed by atoms with Gasteiger partial charge in [-0.15, -0.1) is 11.8 Å². The van der Waals surface area contributed by atoms with E-state index < -0.39 is 36.1 Å². The summed E-state index contributed by atoms with van der Waals surface area (Å²) in [6, 6.07) is -1.97. The SMILES string of the molecule is CCCC(=O)N(C)C(CO)C(=O)N(C)[C@@H](CC(C)(C)OCSC)C(N)=O. The Bertz CT molecular complexity index is 487. The van der Waals surface area contributed by atoms with Crippen molar-refractivity contribution in [1.29, 1.82) is 0 Å². The van der Waals surface area contributed by atoms with E-state index in [4.69, 9.17) is 10.5 Å². The summed E-state index contributed by atoms with van der Waals surface area (Å²) in [5, 5.41) is 9.62. The van der Waals surface area contributed by atoms with E-state index in [2.05, 4.69) is 0 Å². The fourth-order valence-electron chi connectivity index (χ4n) is 2.49. The molecule has 0 aliphatic carbocycles. The van der Waals surface area contributed by atoms with Crippen molar-refractivity contribution in [1.82, 2.24) is 9.80 Å². The van der Waals surface area contributed by atoms with Crippen molar-refractivity contribution in [3.63, 3.8) is 0 Å². The van der Waals surface area contributed by atoms with E-state index in [0.29, 0.717) is 12.4 Å². The Hall–Kier alpha value is -1.32. The van der Waals surface area contributed by atoms with Crippen LogP contribution in [0.15, 0.2) is 0 Å². The minimum Gasteiger partial charge on any atom is -0.394 e. The van der Waals surface area contributed by atoms with Gasteiger partial charge in [0, 0.05) is 26.9 Å². The first-order valence-corrected chi connectivity index (χ1v) is 9.97. The molecule has 0 radical (unpaired) electrons. The Morgan fingerprint density at radius 2 is 1.77 bits per heavy atom. The highest BCUT2D eigenvalue weighted by Gasteiger charge is 2.36. The number of primary amides is 1. The molecular formula is C17H33N3O5S. The molecule has 0 aromatic rings. The third-order valence-electron chi connectivity index (χ3n) is 4.18. The third kappa shape index (κ3) is 7.51. The molecule has 8 nitrogen and oxygen atoms in total. The molecule has 0 fully saturated rings. The zero-order valence-electron chi connectivity index (χ0n) is 16.7. The number of hydrogen-bond acceptors (Lipinski definition) is 6. The zero-order valence-corrected chi connectivity index (χ0v) is 17.5. The van der Waals surface area contributed by atoms with Crippen LogP contribution in [0, 0.1) is 0 Å². The van der Waals surface area contributed by atoms with Gasteiger partial charge in [0.05, 0.1) is 18.1 Å². The molecule has 1 unspecified atom stereocenters. The van der Waals surface area contributed by atoms with Crippen LogP contribution in [0.5, 0.6) is 0 Å². The van der Waals surface area contributed by atoms with E-state index in [0.717, 1.165) is 0 Å². The van der Waals surface area contributed by atoms with Crippen LogP contribution in [-0.4, -0.2) is 83.2 Å². The maximum atomic E-state index is 12.8.